The standard InChI is InChI=1S/C15H19NO5S/c1-9-3-6-11(8-13(9)22(2,20)21)14(17)16-12(15(18)19)7-10-4-5-10/h3,6,8,10,12H,4-5,7H2,1-2H3,(H,16,17)(H,18,19). The molecule has 2 rings (SSSR count). The van der Waals surface area contributed by atoms with Gasteiger partial charge in [-0.3, -0.25) is 4.79 Å². The summed E-state index contributed by atoms with van der Waals surface area (Å²) in [7, 11) is -3.44. The SMILES string of the molecule is Cc1ccc(C(=O)NC(CC2CC2)C(=O)O)cc1S(C)(=O)=O. The van der Waals surface area contributed by atoms with E-state index in [0.717, 1.165) is 19.1 Å². The number of carbonyl (C=O) groups excluding carboxylic acids is 1. The van der Waals surface area contributed by atoms with E-state index in [1.54, 1.807) is 13.0 Å². The first-order valence-electron chi connectivity index (χ1n) is 7.03. The number of nitrogens with one attached hydrogen (secondary N) is 1. The average molecular weight is 325 g/mol. The maximum atomic E-state index is 12.2. The Morgan fingerprint density at radius 1 is 1.36 bits per heavy atom. The summed E-state index contributed by atoms with van der Waals surface area (Å²) in [4.78, 5) is 23.5. The minimum Gasteiger partial charge on any atom is -0.480 e. The van der Waals surface area contributed by atoms with Crippen LogP contribution in [0.2, 0.25) is 0 Å². The van der Waals surface area contributed by atoms with Gasteiger partial charge in [-0.25, -0.2) is 13.2 Å². The first kappa shape index (κ1) is 16.5. The third-order valence-electron chi connectivity index (χ3n) is 3.72. The van der Waals surface area contributed by atoms with E-state index in [-0.39, 0.29) is 10.5 Å². The quantitative estimate of drug-likeness (QED) is 0.823. The molecule has 0 aromatic heterocycles. The molecule has 0 aliphatic heterocycles. The van der Waals surface area contributed by atoms with E-state index in [1.165, 1.54) is 12.1 Å². The molecule has 0 saturated heterocycles. The lowest BCUT2D eigenvalue weighted by atomic mass is 10.1. The predicted octanol–water partition coefficient (Wildman–Crippen LogP) is 1.38. The van der Waals surface area contributed by atoms with Gasteiger partial charge in [-0.1, -0.05) is 18.9 Å². The van der Waals surface area contributed by atoms with Crippen LogP contribution >= 0.6 is 0 Å². The van der Waals surface area contributed by atoms with Crippen LogP contribution in [-0.2, 0) is 14.6 Å². The van der Waals surface area contributed by atoms with E-state index >= 15 is 0 Å². The molecule has 1 fully saturated rings. The molecular formula is C15H19NO5S. The van der Waals surface area contributed by atoms with Crippen LogP contribution in [0.4, 0.5) is 0 Å². The lowest BCUT2D eigenvalue weighted by Crippen LogP contribution is -2.41. The van der Waals surface area contributed by atoms with Gasteiger partial charge in [-0.2, -0.15) is 0 Å². The summed E-state index contributed by atoms with van der Waals surface area (Å²) in [6.45, 7) is 1.64. The van der Waals surface area contributed by atoms with Crippen molar-refractivity contribution in [2.24, 2.45) is 5.92 Å². The topological polar surface area (TPSA) is 101 Å². The highest BCUT2D eigenvalue weighted by Gasteiger charge is 2.30. The van der Waals surface area contributed by atoms with Crippen molar-refractivity contribution >= 4 is 21.7 Å². The highest BCUT2D eigenvalue weighted by Crippen LogP contribution is 2.33. The zero-order valence-corrected chi connectivity index (χ0v) is 13.3. The van der Waals surface area contributed by atoms with Gasteiger partial charge < -0.3 is 10.4 Å². The molecule has 120 valence electrons. The number of hydrogen-bond donors (Lipinski definition) is 2. The van der Waals surface area contributed by atoms with E-state index in [1.807, 2.05) is 0 Å². The summed E-state index contributed by atoms with van der Waals surface area (Å²) < 4.78 is 23.4. The second kappa shape index (κ2) is 6.08. The fraction of sp³-hybridized carbons (Fsp3) is 0.467. The van der Waals surface area contributed by atoms with Gasteiger partial charge in [0, 0.05) is 11.8 Å². The molecule has 7 heteroatoms. The van der Waals surface area contributed by atoms with Gasteiger partial charge in [0.15, 0.2) is 9.84 Å². The molecule has 0 spiro atoms. The molecular weight excluding hydrogens is 306 g/mol. The number of aliphatic carboxylic acids is 1. The molecule has 1 amide bonds. The molecule has 1 unspecified atom stereocenters. The molecule has 1 aromatic carbocycles. The van der Waals surface area contributed by atoms with Gasteiger partial charge in [0.05, 0.1) is 4.90 Å². The Bertz CT molecular complexity index is 707. The Hall–Kier alpha value is -1.89. The van der Waals surface area contributed by atoms with Crippen molar-refractivity contribution < 1.29 is 23.1 Å². The van der Waals surface area contributed by atoms with Crippen LogP contribution in [0, 0.1) is 12.8 Å². The fourth-order valence-electron chi connectivity index (χ4n) is 2.29. The summed E-state index contributed by atoms with van der Waals surface area (Å²) in [6, 6.07) is 3.39. The van der Waals surface area contributed by atoms with Crippen LogP contribution in [0.25, 0.3) is 0 Å². The number of amides is 1. The van der Waals surface area contributed by atoms with Crippen molar-refractivity contribution in [3.63, 3.8) is 0 Å². The average Bonchev–Trinajstić information content (AvgIpc) is 3.20. The van der Waals surface area contributed by atoms with Gasteiger partial charge in [0.2, 0.25) is 0 Å². The number of carboxylic acid groups (broad SMARTS) is 1. The summed E-state index contributed by atoms with van der Waals surface area (Å²) in [5, 5.41) is 11.6. The zero-order chi connectivity index (χ0) is 16.5. The Morgan fingerprint density at radius 2 is 2.00 bits per heavy atom. The largest absolute Gasteiger partial charge is 0.480 e. The molecule has 0 heterocycles. The van der Waals surface area contributed by atoms with Crippen molar-refractivity contribution in [3.8, 4) is 0 Å². The predicted molar refractivity (Wildman–Crippen MR) is 80.5 cm³/mol. The van der Waals surface area contributed by atoms with Gasteiger partial charge >= 0.3 is 5.97 Å². The lowest BCUT2D eigenvalue weighted by molar-refractivity contribution is -0.139. The molecule has 22 heavy (non-hydrogen) atoms. The Balaban J connectivity index is 2.19. The van der Waals surface area contributed by atoms with Gasteiger partial charge in [-0.05, 0) is 37.0 Å². The number of carbonyl (C=O) groups is 2. The smallest absolute Gasteiger partial charge is 0.326 e. The third kappa shape index (κ3) is 4.07. The van der Waals surface area contributed by atoms with Crippen molar-refractivity contribution in [2.45, 2.75) is 37.1 Å². The minimum atomic E-state index is -3.44. The van der Waals surface area contributed by atoms with Crippen LogP contribution in [0.3, 0.4) is 0 Å². The van der Waals surface area contributed by atoms with E-state index in [4.69, 9.17) is 5.11 Å². The Labute approximate surface area is 129 Å². The van der Waals surface area contributed by atoms with E-state index in [0.29, 0.717) is 17.9 Å². The van der Waals surface area contributed by atoms with Crippen LogP contribution < -0.4 is 5.32 Å². The maximum Gasteiger partial charge on any atom is 0.326 e. The van der Waals surface area contributed by atoms with E-state index in [9.17, 15) is 18.0 Å². The van der Waals surface area contributed by atoms with Crippen LogP contribution in [0.1, 0.15) is 35.2 Å². The molecule has 2 N–H and O–H groups in total. The van der Waals surface area contributed by atoms with E-state index in [2.05, 4.69) is 5.32 Å². The Morgan fingerprint density at radius 3 is 2.50 bits per heavy atom. The highest BCUT2D eigenvalue weighted by atomic mass is 32.2. The monoisotopic (exact) mass is 325 g/mol. The van der Waals surface area contributed by atoms with Crippen LogP contribution in [-0.4, -0.2) is 37.7 Å². The van der Waals surface area contributed by atoms with Crippen molar-refractivity contribution in [1.82, 2.24) is 5.32 Å². The Kier molecular flexibility index (Phi) is 4.55. The number of hydrogen-bond acceptors (Lipinski definition) is 4. The molecule has 1 aliphatic carbocycles. The second-order valence-corrected chi connectivity index (χ2v) is 7.78. The maximum absolute atomic E-state index is 12.2. The van der Waals surface area contributed by atoms with Gasteiger partial charge in [-0.15, -0.1) is 0 Å². The summed E-state index contributed by atoms with van der Waals surface area (Å²) in [5.74, 6) is -1.29. The number of carboxylic acids is 1. The molecule has 0 bridgehead atoms. The van der Waals surface area contributed by atoms with E-state index < -0.39 is 27.8 Å². The van der Waals surface area contributed by atoms with Crippen molar-refractivity contribution in [3.05, 3.63) is 29.3 Å². The lowest BCUT2D eigenvalue weighted by Gasteiger charge is -2.15. The highest BCUT2D eigenvalue weighted by molar-refractivity contribution is 7.90. The number of sulfone groups is 1. The molecule has 1 saturated carbocycles. The minimum absolute atomic E-state index is 0.0780. The normalized spacial score (nSPS) is 16.1. The summed E-state index contributed by atoms with van der Waals surface area (Å²) >= 11 is 0. The summed E-state index contributed by atoms with van der Waals surface area (Å²) in [5.41, 5.74) is 0.694. The third-order valence-corrected chi connectivity index (χ3v) is 4.96. The second-order valence-electron chi connectivity index (χ2n) is 5.80. The molecule has 1 atom stereocenters. The summed E-state index contributed by atoms with van der Waals surface area (Å²) in [6.07, 6.45) is 3.46. The molecule has 1 aromatic rings. The first-order valence-corrected chi connectivity index (χ1v) is 8.92. The van der Waals surface area contributed by atoms with Crippen molar-refractivity contribution in [1.29, 1.82) is 0 Å². The fourth-order valence-corrected chi connectivity index (χ4v) is 3.28. The van der Waals surface area contributed by atoms with Gasteiger partial charge in [0.1, 0.15) is 6.04 Å². The van der Waals surface area contributed by atoms with Crippen LogP contribution in [0.5, 0.6) is 0 Å². The number of aryl methyl sites for hydroxylation is 1. The van der Waals surface area contributed by atoms with Crippen molar-refractivity contribution in [2.75, 3.05) is 6.26 Å². The zero-order valence-electron chi connectivity index (χ0n) is 12.5. The van der Waals surface area contributed by atoms with Crippen LogP contribution in [0.15, 0.2) is 23.1 Å². The molecule has 6 nitrogen and oxygen atoms in total. The number of benzene rings is 1. The molecule has 0 radical (unpaired) electrons. The molecule has 1 aliphatic rings. The van der Waals surface area contributed by atoms with Gasteiger partial charge in [0.25, 0.3) is 5.91 Å². The number of rotatable bonds is 6. The first-order chi connectivity index (χ1) is 10.2.